The van der Waals surface area contributed by atoms with Crippen LogP contribution in [0.2, 0.25) is 0 Å². The second kappa shape index (κ2) is 7.04. The molecule has 2 aliphatic rings. The number of para-hydroxylation sites is 2. The Morgan fingerprint density at radius 2 is 1.05 bits per heavy atom. The van der Waals surface area contributed by atoms with Gasteiger partial charge in [-0.2, -0.15) is 0 Å². The van der Waals surface area contributed by atoms with Crippen LogP contribution in [0.25, 0.3) is 0 Å². The van der Waals surface area contributed by atoms with Crippen LogP contribution in [0.15, 0.2) is 83.3 Å². The van der Waals surface area contributed by atoms with Crippen molar-refractivity contribution in [1.29, 1.82) is 0 Å². The zero-order valence-electron chi connectivity index (χ0n) is 12.0. The topological polar surface area (TPSA) is 48.8 Å². The Bertz CT molecular complexity index is 692. The van der Waals surface area contributed by atoms with E-state index in [0.29, 0.717) is 0 Å². The van der Waals surface area contributed by atoms with E-state index < -0.39 is 0 Å². The smallest absolute Gasteiger partial charge is 0.0469 e. The number of aliphatic imine (C=N–C) groups is 2. The minimum atomic E-state index is 1.10. The van der Waals surface area contributed by atoms with Crippen LogP contribution in [-0.4, -0.2) is 12.4 Å². The van der Waals surface area contributed by atoms with Crippen LogP contribution in [-0.2, 0) is 0 Å². The van der Waals surface area contributed by atoms with Crippen LogP contribution in [0, 0.1) is 0 Å². The average Bonchev–Trinajstić information content (AvgIpc) is 2.95. The average molecular weight is 288 g/mol. The summed E-state index contributed by atoms with van der Waals surface area (Å²) in [6.45, 7) is 0. The van der Waals surface area contributed by atoms with Crippen molar-refractivity contribution in [2.45, 2.75) is 0 Å². The molecule has 108 valence electrons. The monoisotopic (exact) mass is 288 g/mol. The van der Waals surface area contributed by atoms with Gasteiger partial charge in [0.25, 0.3) is 0 Å². The molecule has 0 atom stereocenters. The van der Waals surface area contributed by atoms with E-state index in [1.54, 1.807) is 12.4 Å². The minimum absolute atomic E-state index is 1.10. The third-order valence-electron chi connectivity index (χ3n) is 3.15. The highest BCUT2D eigenvalue weighted by Gasteiger charge is 1.97. The Labute approximate surface area is 129 Å². The lowest BCUT2D eigenvalue weighted by molar-refractivity contribution is 1.55. The third-order valence-corrected chi connectivity index (χ3v) is 3.15. The number of nitrogens with zero attached hydrogens (tertiary/aromatic N) is 2. The molecule has 4 nitrogen and oxygen atoms in total. The normalized spacial score (nSPS) is 13.5. The van der Waals surface area contributed by atoms with Crippen molar-refractivity contribution >= 4 is 23.8 Å². The Hall–Kier alpha value is -3.14. The van der Waals surface area contributed by atoms with Crippen LogP contribution >= 0.6 is 0 Å². The standard InChI is InChI=1S/2C9H8N2/c2*1-2-4-9-8(3-1)7-10-5-6-11-9/h2*1-7,11H. The molecule has 0 unspecified atom stereocenters. The van der Waals surface area contributed by atoms with E-state index in [2.05, 4.69) is 20.6 Å². The lowest BCUT2D eigenvalue weighted by Crippen LogP contribution is -1.89. The molecule has 4 heteroatoms. The number of hydrogen-bond acceptors (Lipinski definition) is 4. The Morgan fingerprint density at radius 1 is 0.591 bits per heavy atom. The molecule has 22 heavy (non-hydrogen) atoms. The van der Waals surface area contributed by atoms with Crippen LogP contribution < -0.4 is 10.6 Å². The van der Waals surface area contributed by atoms with Gasteiger partial charge < -0.3 is 10.6 Å². The van der Waals surface area contributed by atoms with Crippen molar-refractivity contribution in [3.63, 3.8) is 0 Å². The molecule has 0 bridgehead atoms. The molecule has 2 aromatic rings. The van der Waals surface area contributed by atoms with Crippen LogP contribution in [0.4, 0.5) is 11.4 Å². The van der Waals surface area contributed by atoms with E-state index in [-0.39, 0.29) is 0 Å². The van der Waals surface area contributed by atoms with Gasteiger partial charge in [0.15, 0.2) is 0 Å². The molecule has 0 saturated carbocycles. The van der Waals surface area contributed by atoms with Gasteiger partial charge in [0.2, 0.25) is 0 Å². The van der Waals surface area contributed by atoms with Crippen molar-refractivity contribution in [1.82, 2.24) is 0 Å². The van der Waals surface area contributed by atoms with Crippen molar-refractivity contribution in [2.75, 3.05) is 10.6 Å². The predicted octanol–water partition coefficient (Wildman–Crippen LogP) is 4.00. The van der Waals surface area contributed by atoms with E-state index in [9.17, 15) is 0 Å². The van der Waals surface area contributed by atoms with E-state index >= 15 is 0 Å². The second-order valence-corrected chi connectivity index (χ2v) is 4.65. The first-order chi connectivity index (χ1) is 10.9. The SMILES string of the molecule is C1=CNc2ccccc2C=N1.C1=CNc2ccccc2C=N1. The van der Waals surface area contributed by atoms with Crippen LogP contribution in [0.3, 0.4) is 0 Å². The highest BCUT2D eigenvalue weighted by molar-refractivity contribution is 5.89. The summed E-state index contributed by atoms with van der Waals surface area (Å²) >= 11 is 0. The van der Waals surface area contributed by atoms with E-state index in [0.717, 1.165) is 22.5 Å². The summed E-state index contributed by atoms with van der Waals surface area (Å²) in [7, 11) is 0. The molecular weight excluding hydrogens is 272 g/mol. The number of anilines is 2. The summed E-state index contributed by atoms with van der Waals surface area (Å²) in [5, 5.41) is 6.24. The highest BCUT2D eigenvalue weighted by atomic mass is 14.9. The lowest BCUT2D eigenvalue weighted by Gasteiger charge is -2.01. The van der Waals surface area contributed by atoms with Gasteiger partial charge in [-0.25, -0.2) is 0 Å². The van der Waals surface area contributed by atoms with Gasteiger partial charge in [0.1, 0.15) is 0 Å². The molecule has 2 heterocycles. The molecule has 0 saturated heterocycles. The number of nitrogens with one attached hydrogen (secondary N) is 2. The highest BCUT2D eigenvalue weighted by Crippen LogP contribution is 2.14. The van der Waals surface area contributed by atoms with Crippen LogP contribution in [0.1, 0.15) is 11.1 Å². The fraction of sp³-hybridized carbons (Fsp3) is 0. The van der Waals surface area contributed by atoms with Crippen molar-refractivity contribution < 1.29 is 0 Å². The summed E-state index contributed by atoms with van der Waals surface area (Å²) in [5.41, 5.74) is 4.45. The number of rotatable bonds is 0. The molecule has 0 fully saturated rings. The summed E-state index contributed by atoms with van der Waals surface area (Å²) in [5.74, 6) is 0. The van der Waals surface area contributed by atoms with Crippen molar-refractivity contribution in [3.8, 4) is 0 Å². The fourth-order valence-electron chi connectivity index (χ4n) is 2.07. The maximum Gasteiger partial charge on any atom is 0.0469 e. The molecule has 2 aliphatic heterocycles. The predicted molar refractivity (Wildman–Crippen MR) is 93.6 cm³/mol. The van der Waals surface area contributed by atoms with Gasteiger partial charge in [-0.3, -0.25) is 9.98 Å². The zero-order chi connectivity index (χ0) is 15.0. The second-order valence-electron chi connectivity index (χ2n) is 4.65. The van der Waals surface area contributed by atoms with Gasteiger partial charge >= 0.3 is 0 Å². The molecular formula is C18H16N4. The van der Waals surface area contributed by atoms with E-state index in [1.165, 1.54) is 0 Å². The van der Waals surface area contributed by atoms with E-state index in [4.69, 9.17) is 0 Å². The molecule has 0 aliphatic carbocycles. The maximum atomic E-state index is 4.04. The summed E-state index contributed by atoms with van der Waals surface area (Å²) in [6, 6.07) is 16.1. The number of benzene rings is 2. The molecule has 0 radical (unpaired) electrons. The first kappa shape index (κ1) is 13.8. The van der Waals surface area contributed by atoms with Gasteiger partial charge in [-0.15, -0.1) is 0 Å². The van der Waals surface area contributed by atoms with Gasteiger partial charge in [0, 0.05) is 59.7 Å². The molecule has 0 aromatic heterocycles. The number of hydrogen-bond donors (Lipinski definition) is 2. The minimum Gasteiger partial charge on any atom is -0.360 e. The van der Waals surface area contributed by atoms with Gasteiger partial charge in [0.05, 0.1) is 0 Å². The summed E-state index contributed by atoms with van der Waals surface area (Å²) < 4.78 is 0. The van der Waals surface area contributed by atoms with E-state index in [1.807, 2.05) is 73.4 Å². The maximum absolute atomic E-state index is 4.04. The van der Waals surface area contributed by atoms with Gasteiger partial charge in [-0.05, 0) is 12.1 Å². The molecule has 0 spiro atoms. The Morgan fingerprint density at radius 3 is 1.55 bits per heavy atom. The first-order valence-electron chi connectivity index (χ1n) is 7.01. The van der Waals surface area contributed by atoms with Gasteiger partial charge in [-0.1, -0.05) is 36.4 Å². The van der Waals surface area contributed by atoms with Crippen molar-refractivity contribution in [2.24, 2.45) is 9.98 Å². The third kappa shape index (κ3) is 3.49. The largest absolute Gasteiger partial charge is 0.360 e. The number of fused-ring (bicyclic) bond motifs is 2. The molecule has 0 amide bonds. The lowest BCUT2D eigenvalue weighted by atomic mass is 10.2. The zero-order valence-corrected chi connectivity index (χ0v) is 12.0. The van der Waals surface area contributed by atoms with Crippen LogP contribution in [0.5, 0.6) is 0 Å². The first-order valence-corrected chi connectivity index (χ1v) is 7.01. The quantitative estimate of drug-likeness (QED) is 0.769. The van der Waals surface area contributed by atoms with Crippen molar-refractivity contribution in [3.05, 3.63) is 84.5 Å². The Balaban J connectivity index is 0.000000131. The molecule has 2 aromatic carbocycles. The molecule has 4 rings (SSSR count). The summed E-state index contributed by atoms with van der Waals surface area (Å²) in [6.07, 6.45) is 10.8. The Kier molecular flexibility index (Phi) is 4.42. The summed E-state index contributed by atoms with van der Waals surface area (Å²) in [4.78, 5) is 8.09. The fourth-order valence-corrected chi connectivity index (χ4v) is 2.07. The molecule has 2 N–H and O–H groups in total.